The average Bonchev–Trinajstić information content (AvgIpc) is 2.49. The van der Waals surface area contributed by atoms with Crippen LogP contribution in [0.2, 0.25) is 0 Å². The second-order valence-electron chi connectivity index (χ2n) is 5.54. The number of nitrogens with zero attached hydrogens (tertiary/aromatic N) is 1. The molecule has 2 rings (SSSR count). The zero-order chi connectivity index (χ0) is 14.2. The van der Waals surface area contributed by atoms with Crippen LogP contribution < -0.4 is 10.6 Å². The van der Waals surface area contributed by atoms with E-state index in [0.29, 0.717) is 13.1 Å². The molecule has 0 bridgehead atoms. The molecule has 0 atom stereocenters. The highest BCUT2D eigenvalue weighted by atomic mass is 16.2. The Hall–Kier alpha value is -1.39. The first-order valence-electron chi connectivity index (χ1n) is 7.45. The fraction of sp³-hybridized carbons (Fsp3) is 0.562. The van der Waals surface area contributed by atoms with Gasteiger partial charge in [0.1, 0.15) is 0 Å². The lowest BCUT2D eigenvalue weighted by atomic mass is 9.97. The zero-order valence-corrected chi connectivity index (χ0v) is 12.3. The molecule has 0 radical (unpaired) electrons. The summed E-state index contributed by atoms with van der Waals surface area (Å²) in [6, 6.07) is 10.0. The van der Waals surface area contributed by atoms with Gasteiger partial charge in [0.25, 0.3) is 0 Å². The lowest BCUT2D eigenvalue weighted by Crippen LogP contribution is -2.42. The number of carbonyl (C=O) groups is 1. The summed E-state index contributed by atoms with van der Waals surface area (Å²) in [6.07, 6.45) is 2.37. The lowest BCUT2D eigenvalue weighted by Gasteiger charge is -2.31. The smallest absolute Gasteiger partial charge is 0.234 e. The predicted molar refractivity (Wildman–Crippen MR) is 81.4 cm³/mol. The van der Waals surface area contributed by atoms with Crippen molar-refractivity contribution in [2.45, 2.75) is 19.4 Å². The van der Waals surface area contributed by atoms with E-state index in [0.717, 1.165) is 31.1 Å². The SMILES string of the molecule is CNCC1CCN(CC(=O)NCc2ccccc2)CC1. The molecule has 20 heavy (non-hydrogen) atoms. The molecule has 1 heterocycles. The van der Waals surface area contributed by atoms with Gasteiger partial charge in [0, 0.05) is 6.54 Å². The third kappa shape index (κ3) is 4.94. The Balaban J connectivity index is 1.65. The van der Waals surface area contributed by atoms with Crippen LogP contribution in [0.5, 0.6) is 0 Å². The van der Waals surface area contributed by atoms with E-state index in [1.54, 1.807) is 0 Å². The summed E-state index contributed by atoms with van der Waals surface area (Å²) >= 11 is 0. The maximum atomic E-state index is 11.9. The normalized spacial score (nSPS) is 17.1. The zero-order valence-electron chi connectivity index (χ0n) is 12.3. The molecule has 1 saturated heterocycles. The molecule has 4 heteroatoms. The summed E-state index contributed by atoms with van der Waals surface area (Å²) in [6.45, 7) is 4.30. The molecule has 1 aromatic carbocycles. The molecule has 1 fully saturated rings. The van der Waals surface area contributed by atoms with Crippen molar-refractivity contribution in [3.05, 3.63) is 35.9 Å². The summed E-state index contributed by atoms with van der Waals surface area (Å²) in [5.74, 6) is 0.893. The van der Waals surface area contributed by atoms with Crippen molar-refractivity contribution in [3.8, 4) is 0 Å². The first-order valence-corrected chi connectivity index (χ1v) is 7.45. The predicted octanol–water partition coefficient (Wildman–Crippen LogP) is 1.23. The van der Waals surface area contributed by atoms with E-state index in [-0.39, 0.29) is 5.91 Å². The molecule has 0 aromatic heterocycles. The second kappa shape index (κ2) is 8.02. The number of benzene rings is 1. The highest BCUT2D eigenvalue weighted by molar-refractivity contribution is 5.78. The molecule has 0 unspecified atom stereocenters. The summed E-state index contributed by atoms with van der Waals surface area (Å²) in [7, 11) is 2.00. The number of hydrogen-bond donors (Lipinski definition) is 2. The van der Waals surface area contributed by atoms with Crippen LogP contribution in [-0.2, 0) is 11.3 Å². The molecule has 0 aliphatic carbocycles. The van der Waals surface area contributed by atoms with Gasteiger partial charge in [-0.25, -0.2) is 0 Å². The van der Waals surface area contributed by atoms with Crippen LogP contribution >= 0.6 is 0 Å². The van der Waals surface area contributed by atoms with Crippen LogP contribution in [0.15, 0.2) is 30.3 Å². The molecule has 1 aromatic rings. The van der Waals surface area contributed by atoms with Gasteiger partial charge in [0.15, 0.2) is 0 Å². The van der Waals surface area contributed by atoms with Crippen LogP contribution in [0, 0.1) is 5.92 Å². The molecular formula is C16H25N3O. The van der Waals surface area contributed by atoms with Gasteiger partial charge in [-0.2, -0.15) is 0 Å². The Morgan fingerprint density at radius 3 is 2.60 bits per heavy atom. The third-order valence-corrected chi connectivity index (χ3v) is 3.90. The van der Waals surface area contributed by atoms with Crippen LogP contribution in [0.3, 0.4) is 0 Å². The van der Waals surface area contributed by atoms with Crippen LogP contribution in [-0.4, -0.2) is 44.0 Å². The second-order valence-corrected chi connectivity index (χ2v) is 5.54. The van der Waals surface area contributed by atoms with Gasteiger partial charge in [-0.05, 0) is 51.0 Å². The molecule has 110 valence electrons. The Kier molecular flexibility index (Phi) is 6.02. The van der Waals surface area contributed by atoms with Gasteiger partial charge in [0.05, 0.1) is 6.54 Å². The molecule has 4 nitrogen and oxygen atoms in total. The number of rotatable bonds is 6. The first kappa shape index (κ1) is 15.0. The Morgan fingerprint density at radius 1 is 1.25 bits per heavy atom. The van der Waals surface area contributed by atoms with Gasteiger partial charge >= 0.3 is 0 Å². The molecular weight excluding hydrogens is 250 g/mol. The number of carbonyl (C=O) groups excluding carboxylic acids is 1. The average molecular weight is 275 g/mol. The van der Waals surface area contributed by atoms with Gasteiger partial charge in [-0.15, -0.1) is 0 Å². The Morgan fingerprint density at radius 2 is 1.95 bits per heavy atom. The Bertz CT molecular complexity index is 399. The van der Waals surface area contributed by atoms with Crippen molar-refractivity contribution in [2.24, 2.45) is 5.92 Å². The number of piperidine rings is 1. The van der Waals surface area contributed by atoms with E-state index in [9.17, 15) is 4.79 Å². The van der Waals surface area contributed by atoms with Gasteiger partial charge in [-0.1, -0.05) is 30.3 Å². The number of hydrogen-bond acceptors (Lipinski definition) is 3. The van der Waals surface area contributed by atoms with E-state index in [4.69, 9.17) is 0 Å². The van der Waals surface area contributed by atoms with Crippen LogP contribution in [0.4, 0.5) is 0 Å². The third-order valence-electron chi connectivity index (χ3n) is 3.90. The minimum atomic E-state index is 0.126. The number of likely N-dealkylation sites (tertiary alicyclic amines) is 1. The summed E-state index contributed by atoms with van der Waals surface area (Å²) < 4.78 is 0. The first-order chi connectivity index (χ1) is 9.78. The molecule has 1 amide bonds. The summed E-state index contributed by atoms with van der Waals surface area (Å²) in [4.78, 5) is 14.2. The highest BCUT2D eigenvalue weighted by Crippen LogP contribution is 2.15. The molecule has 2 N–H and O–H groups in total. The standard InChI is InChI=1S/C16H25N3O/c1-17-11-15-7-9-19(10-8-15)13-16(20)18-12-14-5-3-2-4-6-14/h2-6,15,17H,7-13H2,1H3,(H,18,20). The fourth-order valence-electron chi connectivity index (χ4n) is 2.69. The van der Waals surface area contributed by atoms with Crippen molar-refractivity contribution >= 4 is 5.91 Å². The molecule has 1 aliphatic heterocycles. The maximum absolute atomic E-state index is 11.9. The Labute approximate surface area is 121 Å². The fourth-order valence-corrected chi connectivity index (χ4v) is 2.69. The lowest BCUT2D eigenvalue weighted by molar-refractivity contribution is -0.122. The minimum Gasteiger partial charge on any atom is -0.351 e. The largest absolute Gasteiger partial charge is 0.351 e. The van der Waals surface area contributed by atoms with Crippen LogP contribution in [0.1, 0.15) is 18.4 Å². The van der Waals surface area contributed by atoms with E-state index >= 15 is 0 Å². The van der Waals surface area contributed by atoms with Crippen molar-refractivity contribution < 1.29 is 4.79 Å². The monoisotopic (exact) mass is 275 g/mol. The molecule has 0 spiro atoms. The van der Waals surface area contributed by atoms with E-state index < -0.39 is 0 Å². The van der Waals surface area contributed by atoms with Crippen molar-refractivity contribution in [1.82, 2.24) is 15.5 Å². The van der Waals surface area contributed by atoms with Gasteiger partial charge in [-0.3, -0.25) is 9.69 Å². The molecule has 1 aliphatic rings. The maximum Gasteiger partial charge on any atom is 0.234 e. The summed E-state index contributed by atoms with van der Waals surface area (Å²) in [5.41, 5.74) is 1.15. The highest BCUT2D eigenvalue weighted by Gasteiger charge is 2.19. The van der Waals surface area contributed by atoms with E-state index in [1.165, 1.54) is 12.8 Å². The number of amides is 1. The van der Waals surface area contributed by atoms with Crippen molar-refractivity contribution in [2.75, 3.05) is 33.2 Å². The quantitative estimate of drug-likeness (QED) is 0.821. The molecule has 0 saturated carbocycles. The van der Waals surface area contributed by atoms with E-state index in [2.05, 4.69) is 15.5 Å². The number of nitrogens with one attached hydrogen (secondary N) is 2. The van der Waals surface area contributed by atoms with Gasteiger partial charge in [0.2, 0.25) is 5.91 Å². The van der Waals surface area contributed by atoms with Gasteiger partial charge < -0.3 is 10.6 Å². The topological polar surface area (TPSA) is 44.4 Å². The summed E-state index contributed by atoms with van der Waals surface area (Å²) in [5, 5.41) is 6.22. The minimum absolute atomic E-state index is 0.126. The van der Waals surface area contributed by atoms with Crippen molar-refractivity contribution in [3.63, 3.8) is 0 Å². The van der Waals surface area contributed by atoms with E-state index in [1.807, 2.05) is 37.4 Å². The van der Waals surface area contributed by atoms with Crippen molar-refractivity contribution in [1.29, 1.82) is 0 Å². The van der Waals surface area contributed by atoms with Crippen LogP contribution in [0.25, 0.3) is 0 Å².